The van der Waals surface area contributed by atoms with E-state index in [9.17, 15) is 0 Å². The number of hydrogen-bond donors (Lipinski definition) is 0. The average molecular weight is 261 g/mol. The Kier molecular flexibility index (Phi) is 14.6. The second-order valence-corrected chi connectivity index (χ2v) is 5.97. The van der Waals surface area contributed by atoms with Crippen LogP contribution in [0.25, 0.3) is 0 Å². The van der Waals surface area contributed by atoms with E-state index in [2.05, 4.69) is 13.8 Å². The van der Waals surface area contributed by atoms with Crippen LogP contribution in [0.5, 0.6) is 0 Å². The molecule has 0 saturated heterocycles. The van der Waals surface area contributed by atoms with Crippen molar-refractivity contribution < 1.29 is 0 Å². The molecule has 0 spiro atoms. The fraction of sp³-hybridized carbons (Fsp3) is 1.00. The van der Waals surface area contributed by atoms with Crippen LogP contribution in [0.15, 0.2) is 0 Å². The topological polar surface area (TPSA) is 0 Å². The van der Waals surface area contributed by atoms with E-state index in [1.165, 1.54) is 83.5 Å². The Morgan fingerprint density at radius 1 is 0.588 bits per heavy atom. The molecule has 104 valence electrons. The summed E-state index contributed by atoms with van der Waals surface area (Å²) in [6.07, 6.45) is 17.7. The van der Waals surface area contributed by atoms with Crippen molar-refractivity contribution in [3.05, 3.63) is 0 Å². The van der Waals surface area contributed by atoms with E-state index < -0.39 is 0 Å². The molecular formula is C16H33Cl. The van der Waals surface area contributed by atoms with Crippen molar-refractivity contribution in [1.29, 1.82) is 0 Å². The standard InChI is InChI=1S/C16H33Cl/c1-3-5-7-8-9-10-11-12-13-15-16(17)14-6-4-2/h16H,3-15H2,1-2H3. The van der Waals surface area contributed by atoms with Crippen LogP contribution in [-0.4, -0.2) is 5.38 Å². The van der Waals surface area contributed by atoms with Crippen LogP contribution in [-0.2, 0) is 0 Å². The third-order valence-corrected chi connectivity index (χ3v) is 3.93. The summed E-state index contributed by atoms with van der Waals surface area (Å²) in [7, 11) is 0. The molecule has 0 amide bonds. The largest absolute Gasteiger partial charge is 0.123 e. The van der Waals surface area contributed by atoms with Crippen LogP contribution in [0, 0.1) is 0 Å². The molecule has 0 saturated carbocycles. The van der Waals surface area contributed by atoms with E-state index in [1.54, 1.807) is 0 Å². The van der Waals surface area contributed by atoms with Crippen molar-refractivity contribution in [3.8, 4) is 0 Å². The minimum absolute atomic E-state index is 0.444. The lowest BCUT2D eigenvalue weighted by Crippen LogP contribution is -1.97. The Balaban J connectivity index is 3.02. The van der Waals surface area contributed by atoms with Crippen molar-refractivity contribution >= 4 is 11.6 Å². The van der Waals surface area contributed by atoms with Crippen LogP contribution in [0.2, 0.25) is 0 Å². The van der Waals surface area contributed by atoms with Crippen LogP contribution in [0.3, 0.4) is 0 Å². The van der Waals surface area contributed by atoms with Gasteiger partial charge in [0.15, 0.2) is 0 Å². The zero-order valence-electron chi connectivity index (χ0n) is 12.1. The molecular weight excluding hydrogens is 228 g/mol. The first-order valence-electron chi connectivity index (χ1n) is 7.95. The molecule has 0 heterocycles. The molecule has 1 heteroatoms. The van der Waals surface area contributed by atoms with Gasteiger partial charge in [-0.1, -0.05) is 84.5 Å². The molecule has 0 fully saturated rings. The summed E-state index contributed by atoms with van der Waals surface area (Å²) in [6.45, 7) is 4.52. The van der Waals surface area contributed by atoms with Crippen molar-refractivity contribution in [3.63, 3.8) is 0 Å². The molecule has 0 aliphatic rings. The quantitative estimate of drug-likeness (QED) is 0.255. The van der Waals surface area contributed by atoms with E-state index >= 15 is 0 Å². The fourth-order valence-electron chi connectivity index (χ4n) is 2.25. The Morgan fingerprint density at radius 2 is 1.00 bits per heavy atom. The van der Waals surface area contributed by atoms with Gasteiger partial charge in [0, 0.05) is 5.38 Å². The molecule has 0 rings (SSSR count). The third-order valence-electron chi connectivity index (χ3n) is 3.49. The van der Waals surface area contributed by atoms with Gasteiger partial charge in [-0.05, 0) is 12.8 Å². The molecule has 1 atom stereocenters. The van der Waals surface area contributed by atoms with Crippen molar-refractivity contribution in [2.24, 2.45) is 0 Å². The van der Waals surface area contributed by atoms with Gasteiger partial charge in [-0.2, -0.15) is 0 Å². The highest BCUT2D eigenvalue weighted by Crippen LogP contribution is 2.16. The highest BCUT2D eigenvalue weighted by molar-refractivity contribution is 6.20. The second kappa shape index (κ2) is 14.4. The number of hydrogen-bond acceptors (Lipinski definition) is 0. The third kappa shape index (κ3) is 14.2. The van der Waals surface area contributed by atoms with Gasteiger partial charge in [0.1, 0.15) is 0 Å². The molecule has 0 nitrogen and oxygen atoms in total. The van der Waals surface area contributed by atoms with Gasteiger partial charge in [0.2, 0.25) is 0 Å². The minimum atomic E-state index is 0.444. The number of halogens is 1. The molecule has 17 heavy (non-hydrogen) atoms. The van der Waals surface area contributed by atoms with E-state index in [4.69, 9.17) is 11.6 Å². The first-order chi connectivity index (χ1) is 8.31. The normalized spacial score (nSPS) is 12.9. The zero-order chi connectivity index (χ0) is 12.8. The Morgan fingerprint density at radius 3 is 1.53 bits per heavy atom. The van der Waals surface area contributed by atoms with Crippen LogP contribution < -0.4 is 0 Å². The predicted octanol–water partition coefficient (Wildman–Crippen LogP) is 6.70. The molecule has 0 radical (unpaired) electrons. The number of rotatable bonds is 13. The van der Waals surface area contributed by atoms with Gasteiger partial charge in [-0.25, -0.2) is 0 Å². The minimum Gasteiger partial charge on any atom is -0.123 e. The molecule has 0 aliphatic carbocycles. The number of unbranched alkanes of at least 4 members (excludes halogenated alkanes) is 9. The van der Waals surface area contributed by atoms with Gasteiger partial charge >= 0.3 is 0 Å². The molecule has 0 aromatic carbocycles. The van der Waals surface area contributed by atoms with E-state index in [0.717, 1.165) is 0 Å². The van der Waals surface area contributed by atoms with Crippen LogP contribution >= 0.6 is 11.6 Å². The van der Waals surface area contributed by atoms with Crippen molar-refractivity contribution in [2.75, 3.05) is 0 Å². The first kappa shape index (κ1) is 17.3. The van der Waals surface area contributed by atoms with Gasteiger partial charge in [-0.15, -0.1) is 11.6 Å². The average Bonchev–Trinajstić information content (AvgIpc) is 2.34. The molecule has 0 aromatic rings. The van der Waals surface area contributed by atoms with Crippen LogP contribution in [0.4, 0.5) is 0 Å². The summed E-state index contributed by atoms with van der Waals surface area (Å²) < 4.78 is 0. The SMILES string of the molecule is CCCCCCCCCCCC(Cl)CCCC. The van der Waals surface area contributed by atoms with E-state index in [0.29, 0.717) is 5.38 Å². The Labute approximate surface area is 115 Å². The lowest BCUT2D eigenvalue weighted by atomic mass is 10.0. The highest BCUT2D eigenvalue weighted by atomic mass is 35.5. The van der Waals surface area contributed by atoms with Crippen molar-refractivity contribution in [2.45, 2.75) is 103 Å². The zero-order valence-corrected chi connectivity index (χ0v) is 12.9. The van der Waals surface area contributed by atoms with Gasteiger partial charge in [-0.3, -0.25) is 0 Å². The fourth-order valence-corrected chi connectivity index (χ4v) is 2.56. The summed E-state index contributed by atoms with van der Waals surface area (Å²) in [5.74, 6) is 0. The summed E-state index contributed by atoms with van der Waals surface area (Å²) in [5.41, 5.74) is 0. The summed E-state index contributed by atoms with van der Waals surface area (Å²) in [5, 5.41) is 0.444. The molecule has 0 N–H and O–H groups in total. The second-order valence-electron chi connectivity index (χ2n) is 5.36. The summed E-state index contributed by atoms with van der Waals surface area (Å²) in [6, 6.07) is 0. The first-order valence-corrected chi connectivity index (χ1v) is 8.39. The van der Waals surface area contributed by atoms with Gasteiger partial charge in [0.05, 0.1) is 0 Å². The molecule has 1 unspecified atom stereocenters. The number of alkyl halides is 1. The Hall–Kier alpha value is 0.290. The maximum Gasteiger partial charge on any atom is 0.0336 e. The molecule has 0 aliphatic heterocycles. The van der Waals surface area contributed by atoms with E-state index in [-0.39, 0.29) is 0 Å². The monoisotopic (exact) mass is 260 g/mol. The Bertz CT molecular complexity index is 133. The van der Waals surface area contributed by atoms with E-state index in [1.807, 2.05) is 0 Å². The summed E-state index contributed by atoms with van der Waals surface area (Å²) in [4.78, 5) is 0. The lowest BCUT2D eigenvalue weighted by molar-refractivity contribution is 0.541. The van der Waals surface area contributed by atoms with Gasteiger partial charge < -0.3 is 0 Å². The molecule has 0 aromatic heterocycles. The van der Waals surface area contributed by atoms with Crippen molar-refractivity contribution in [1.82, 2.24) is 0 Å². The van der Waals surface area contributed by atoms with Crippen LogP contribution in [0.1, 0.15) is 97.3 Å². The predicted molar refractivity (Wildman–Crippen MR) is 81.0 cm³/mol. The lowest BCUT2D eigenvalue weighted by Gasteiger charge is -2.08. The highest BCUT2D eigenvalue weighted by Gasteiger charge is 2.02. The maximum absolute atomic E-state index is 6.26. The summed E-state index contributed by atoms with van der Waals surface area (Å²) >= 11 is 6.26. The van der Waals surface area contributed by atoms with Gasteiger partial charge in [0.25, 0.3) is 0 Å². The molecule has 0 bridgehead atoms. The smallest absolute Gasteiger partial charge is 0.0336 e. The maximum atomic E-state index is 6.26.